The Bertz CT molecular complexity index is 763. The summed E-state index contributed by atoms with van der Waals surface area (Å²) in [6.45, 7) is 5.83. The number of rotatable bonds is 3. The van der Waals surface area contributed by atoms with Gasteiger partial charge in [-0.05, 0) is 32.0 Å². The number of alkyl halides is 1. The Kier molecular flexibility index (Phi) is 4.49. The smallest absolute Gasteiger partial charge is 0.254 e. The summed E-state index contributed by atoms with van der Waals surface area (Å²) < 4.78 is 0. The monoisotopic (exact) mass is 348 g/mol. The van der Waals surface area contributed by atoms with Gasteiger partial charge in [0.1, 0.15) is 0 Å². The summed E-state index contributed by atoms with van der Waals surface area (Å²) in [5, 5.41) is 0. The molecular formula is C17H21ClN4O2. The number of piperazine rings is 1. The lowest BCUT2D eigenvalue weighted by Gasteiger charge is -2.38. The molecular weight excluding hydrogens is 328 g/mol. The molecule has 6 nitrogen and oxygen atoms in total. The van der Waals surface area contributed by atoms with E-state index in [1.165, 1.54) is 0 Å². The van der Waals surface area contributed by atoms with Crippen LogP contribution in [0.1, 0.15) is 24.2 Å². The number of aromatic amines is 1. The molecule has 1 aromatic carbocycles. The molecule has 24 heavy (non-hydrogen) atoms. The van der Waals surface area contributed by atoms with Crippen molar-refractivity contribution in [3.63, 3.8) is 0 Å². The Morgan fingerprint density at radius 1 is 1.21 bits per heavy atom. The molecule has 2 aromatic rings. The molecule has 1 fully saturated rings. The molecule has 0 radical (unpaired) electrons. The summed E-state index contributed by atoms with van der Waals surface area (Å²) in [6.07, 6.45) is 1.61. The van der Waals surface area contributed by atoms with Crippen molar-refractivity contribution in [2.45, 2.75) is 13.8 Å². The number of nitrogens with one attached hydrogen (secondary N) is 1. The minimum Gasteiger partial charge on any atom is -0.345 e. The highest BCUT2D eigenvalue weighted by molar-refractivity contribution is 6.19. The summed E-state index contributed by atoms with van der Waals surface area (Å²) in [7, 11) is 0. The third kappa shape index (κ3) is 3.11. The molecule has 0 aliphatic carbocycles. The number of H-pyrrole nitrogens is 1. The lowest BCUT2D eigenvalue weighted by Crippen LogP contribution is -2.53. The number of amides is 2. The first-order chi connectivity index (χ1) is 11.4. The van der Waals surface area contributed by atoms with E-state index in [-0.39, 0.29) is 17.7 Å². The Hall–Kier alpha value is -2.08. The van der Waals surface area contributed by atoms with E-state index in [9.17, 15) is 9.59 Å². The van der Waals surface area contributed by atoms with Gasteiger partial charge in [0.15, 0.2) is 0 Å². The van der Waals surface area contributed by atoms with Gasteiger partial charge in [-0.25, -0.2) is 4.98 Å². The molecule has 0 saturated carbocycles. The molecule has 2 heterocycles. The predicted octanol–water partition coefficient (Wildman–Crippen LogP) is 2.11. The first-order valence-corrected chi connectivity index (χ1v) is 8.53. The van der Waals surface area contributed by atoms with E-state index in [0.717, 1.165) is 11.0 Å². The topological polar surface area (TPSA) is 69.3 Å². The number of aromatic nitrogens is 2. The Morgan fingerprint density at radius 3 is 2.54 bits per heavy atom. The Morgan fingerprint density at radius 2 is 1.88 bits per heavy atom. The molecule has 1 N–H and O–H groups in total. The number of hydrogen-bond donors (Lipinski definition) is 1. The number of imidazole rings is 1. The summed E-state index contributed by atoms with van der Waals surface area (Å²) in [6, 6.07) is 5.44. The molecule has 2 amide bonds. The SMILES string of the molecule is CC(C)(CCl)C(=O)N1CCN(C(=O)c2ccc3nc[nH]c3c2)CC1. The second kappa shape index (κ2) is 6.43. The van der Waals surface area contributed by atoms with Gasteiger partial charge in [-0.2, -0.15) is 0 Å². The van der Waals surface area contributed by atoms with Crippen LogP contribution in [0.25, 0.3) is 11.0 Å². The summed E-state index contributed by atoms with van der Waals surface area (Å²) in [5.74, 6) is 0.313. The third-order valence-electron chi connectivity index (χ3n) is 4.43. The van der Waals surface area contributed by atoms with Crippen LogP contribution in [-0.4, -0.2) is 63.6 Å². The maximum atomic E-state index is 12.7. The standard InChI is InChI=1S/C17H21ClN4O2/c1-17(2,10-18)16(24)22-7-5-21(6-8-22)15(23)12-3-4-13-14(9-12)20-11-19-13/h3-4,9,11H,5-8,10H2,1-2H3,(H,19,20). The number of benzene rings is 1. The molecule has 1 aliphatic rings. The zero-order chi connectivity index (χ0) is 17.3. The van der Waals surface area contributed by atoms with E-state index < -0.39 is 5.41 Å². The lowest BCUT2D eigenvalue weighted by molar-refractivity contribution is -0.140. The second-order valence-electron chi connectivity index (χ2n) is 6.74. The van der Waals surface area contributed by atoms with Crippen LogP contribution in [0, 0.1) is 5.41 Å². The van der Waals surface area contributed by atoms with Crippen molar-refractivity contribution in [3.05, 3.63) is 30.1 Å². The van der Waals surface area contributed by atoms with Crippen LogP contribution in [0.15, 0.2) is 24.5 Å². The highest BCUT2D eigenvalue weighted by Gasteiger charge is 2.33. The normalized spacial score (nSPS) is 15.8. The van der Waals surface area contributed by atoms with Crippen LogP contribution < -0.4 is 0 Å². The summed E-state index contributed by atoms with van der Waals surface area (Å²) in [4.78, 5) is 35.9. The van der Waals surface area contributed by atoms with Gasteiger partial charge < -0.3 is 14.8 Å². The highest BCUT2D eigenvalue weighted by Crippen LogP contribution is 2.22. The van der Waals surface area contributed by atoms with Gasteiger partial charge in [0.2, 0.25) is 5.91 Å². The van der Waals surface area contributed by atoms with Crippen molar-refractivity contribution in [3.8, 4) is 0 Å². The van der Waals surface area contributed by atoms with Crippen molar-refractivity contribution >= 4 is 34.4 Å². The van der Waals surface area contributed by atoms with Gasteiger partial charge in [0, 0.05) is 37.6 Å². The second-order valence-corrected chi connectivity index (χ2v) is 7.00. The quantitative estimate of drug-likeness (QED) is 0.864. The van der Waals surface area contributed by atoms with Crippen molar-refractivity contribution in [2.24, 2.45) is 5.41 Å². The maximum Gasteiger partial charge on any atom is 0.254 e. The van der Waals surface area contributed by atoms with Gasteiger partial charge in [-0.1, -0.05) is 0 Å². The number of fused-ring (bicyclic) bond motifs is 1. The molecule has 1 aromatic heterocycles. The van der Waals surface area contributed by atoms with Crippen molar-refractivity contribution in [2.75, 3.05) is 32.1 Å². The van der Waals surface area contributed by atoms with Crippen LogP contribution >= 0.6 is 11.6 Å². The van der Waals surface area contributed by atoms with Crippen molar-refractivity contribution in [1.29, 1.82) is 0 Å². The number of carbonyl (C=O) groups is 2. The van der Waals surface area contributed by atoms with E-state index in [0.29, 0.717) is 31.7 Å². The lowest BCUT2D eigenvalue weighted by atomic mass is 9.94. The Labute approximate surface area is 145 Å². The van der Waals surface area contributed by atoms with Crippen LogP contribution in [0.5, 0.6) is 0 Å². The fourth-order valence-electron chi connectivity index (χ4n) is 2.85. The molecule has 7 heteroatoms. The first-order valence-electron chi connectivity index (χ1n) is 8.00. The van der Waals surface area contributed by atoms with E-state index in [2.05, 4.69) is 9.97 Å². The zero-order valence-electron chi connectivity index (χ0n) is 13.9. The predicted molar refractivity (Wildman–Crippen MR) is 93.1 cm³/mol. The number of hydrogen-bond acceptors (Lipinski definition) is 3. The van der Waals surface area contributed by atoms with Crippen LogP contribution in [0.4, 0.5) is 0 Å². The van der Waals surface area contributed by atoms with E-state index >= 15 is 0 Å². The first kappa shape index (κ1) is 16.8. The van der Waals surface area contributed by atoms with Crippen LogP contribution in [0.3, 0.4) is 0 Å². The van der Waals surface area contributed by atoms with Gasteiger partial charge in [0.25, 0.3) is 5.91 Å². The molecule has 0 unspecified atom stereocenters. The van der Waals surface area contributed by atoms with E-state index in [1.807, 2.05) is 26.0 Å². The molecule has 3 rings (SSSR count). The van der Waals surface area contributed by atoms with Gasteiger partial charge in [-0.15, -0.1) is 11.6 Å². The molecule has 0 bridgehead atoms. The fraction of sp³-hybridized carbons (Fsp3) is 0.471. The molecule has 1 saturated heterocycles. The van der Waals surface area contributed by atoms with Crippen molar-refractivity contribution < 1.29 is 9.59 Å². The number of carbonyl (C=O) groups excluding carboxylic acids is 2. The molecule has 0 spiro atoms. The minimum absolute atomic E-state index is 0.0183. The average molecular weight is 349 g/mol. The van der Waals surface area contributed by atoms with Crippen LogP contribution in [0.2, 0.25) is 0 Å². The molecule has 128 valence electrons. The van der Waals surface area contributed by atoms with Gasteiger partial charge in [0.05, 0.1) is 22.8 Å². The average Bonchev–Trinajstić information content (AvgIpc) is 3.08. The van der Waals surface area contributed by atoms with Gasteiger partial charge >= 0.3 is 0 Å². The highest BCUT2D eigenvalue weighted by atomic mass is 35.5. The maximum absolute atomic E-state index is 12.7. The summed E-state index contributed by atoms with van der Waals surface area (Å²) in [5.41, 5.74) is 1.75. The fourth-order valence-corrected chi connectivity index (χ4v) is 2.96. The molecule has 0 atom stereocenters. The largest absolute Gasteiger partial charge is 0.345 e. The van der Waals surface area contributed by atoms with Crippen molar-refractivity contribution in [1.82, 2.24) is 19.8 Å². The van der Waals surface area contributed by atoms with E-state index in [4.69, 9.17) is 11.6 Å². The summed E-state index contributed by atoms with van der Waals surface area (Å²) >= 11 is 5.88. The number of halogens is 1. The van der Waals surface area contributed by atoms with Crippen LogP contribution in [-0.2, 0) is 4.79 Å². The molecule has 1 aliphatic heterocycles. The zero-order valence-corrected chi connectivity index (χ0v) is 14.6. The number of nitrogens with zero attached hydrogens (tertiary/aromatic N) is 3. The minimum atomic E-state index is -0.570. The van der Waals surface area contributed by atoms with Gasteiger partial charge in [-0.3, -0.25) is 9.59 Å². The third-order valence-corrected chi connectivity index (χ3v) is 5.10. The Balaban J connectivity index is 1.65. The van der Waals surface area contributed by atoms with E-state index in [1.54, 1.807) is 22.2 Å².